The molecule has 0 aliphatic carbocycles. The Morgan fingerprint density at radius 2 is 1.89 bits per heavy atom. The second kappa shape index (κ2) is 8.11. The first kappa shape index (κ1) is 15.0. The summed E-state index contributed by atoms with van der Waals surface area (Å²) in [6.45, 7) is 7.27. The van der Waals surface area contributed by atoms with Crippen LogP contribution in [0.5, 0.6) is 5.75 Å². The number of benzene rings is 1. The van der Waals surface area contributed by atoms with Gasteiger partial charge in [-0.1, -0.05) is 12.1 Å². The molecule has 0 saturated heterocycles. The number of nitrogens with one attached hydrogen (secondary N) is 1. The van der Waals surface area contributed by atoms with Crippen molar-refractivity contribution in [3.05, 3.63) is 29.8 Å². The maximum absolute atomic E-state index is 8.81. The van der Waals surface area contributed by atoms with Crippen molar-refractivity contribution in [3.63, 3.8) is 0 Å². The lowest BCUT2D eigenvalue weighted by Crippen LogP contribution is -2.29. The van der Waals surface area contributed by atoms with Crippen LogP contribution < -0.4 is 10.1 Å². The molecule has 0 aromatic heterocycles. The molecular formula is C15H25NO2. The average Bonchev–Trinajstić information content (AvgIpc) is 2.37. The summed E-state index contributed by atoms with van der Waals surface area (Å²) in [5.74, 6) is 0.918. The molecule has 0 aliphatic heterocycles. The summed E-state index contributed by atoms with van der Waals surface area (Å²) in [7, 11) is 0. The van der Waals surface area contributed by atoms with Gasteiger partial charge in [0.25, 0.3) is 0 Å². The van der Waals surface area contributed by atoms with E-state index in [0.29, 0.717) is 18.7 Å². The molecule has 0 heterocycles. The normalized spacial score (nSPS) is 14.2. The van der Waals surface area contributed by atoms with E-state index >= 15 is 0 Å². The Balaban J connectivity index is 2.47. The van der Waals surface area contributed by atoms with Crippen molar-refractivity contribution < 1.29 is 9.84 Å². The molecule has 1 aromatic carbocycles. The topological polar surface area (TPSA) is 41.5 Å². The van der Waals surface area contributed by atoms with Crippen molar-refractivity contribution >= 4 is 0 Å². The van der Waals surface area contributed by atoms with Crippen LogP contribution in [0, 0.1) is 0 Å². The van der Waals surface area contributed by atoms with Gasteiger partial charge < -0.3 is 15.2 Å². The van der Waals surface area contributed by atoms with E-state index < -0.39 is 0 Å². The molecule has 2 atom stereocenters. The number of aliphatic hydroxyl groups is 1. The van der Waals surface area contributed by atoms with Crippen LogP contribution in [0.15, 0.2) is 24.3 Å². The third-order valence-corrected chi connectivity index (χ3v) is 3.02. The summed E-state index contributed by atoms with van der Waals surface area (Å²) < 4.78 is 5.43. The molecule has 0 fully saturated rings. The van der Waals surface area contributed by atoms with Crippen LogP contribution in [0.3, 0.4) is 0 Å². The van der Waals surface area contributed by atoms with Gasteiger partial charge in [0.2, 0.25) is 0 Å². The van der Waals surface area contributed by atoms with Crippen LogP contribution in [0.4, 0.5) is 0 Å². The highest BCUT2D eigenvalue weighted by Gasteiger charge is 2.09. The van der Waals surface area contributed by atoms with Gasteiger partial charge in [-0.05, 0) is 51.3 Å². The molecule has 0 aliphatic rings. The van der Waals surface area contributed by atoms with Crippen molar-refractivity contribution in [2.45, 2.75) is 45.7 Å². The maximum atomic E-state index is 8.81. The fraction of sp³-hybridized carbons (Fsp3) is 0.600. The van der Waals surface area contributed by atoms with Crippen molar-refractivity contribution in [2.75, 3.05) is 13.2 Å². The van der Waals surface area contributed by atoms with Crippen molar-refractivity contribution in [1.29, 1.82) is 0 Å². The molecule has 1 rings (SSSR count). The lowest BCUT2D eigenvalue weighted by atomic mass is 10.1. The minimum Gasteiger partial charge on any atom is -0.494 e. The minimum atomic E-state index is 0.267. The summed E-state index contributed by atoms with van der Waals surface area (Å²) in [5, 5.41) is 12.3. The van der Waals surface area contributed by atoms with E-state index in [9.17, 15) is 0 Å². The summed E-state index contributed by atoms with van der Waals surface area (Å²) >= 11 is 0. The molecule has 0 spiro atoms. The van der Waals surface area contributed by atoms with Crippen LogP contribution in [-0.2, 0) is 0 Å². The summed E-state index contributed by atoms with van der Waals surface area (Å²) in [4.78, 5) is 0. The van der Waals surface area contributed by atoms with E-state index in [2.05, 4.69) is 31.3 Å². The molecule has 2 N–H and O–H groups in total. The second-order valence-corrected chi connectivity index (χ2v) is 4.66. The highest BCUT2D eigenvalue weighted by atomic mass is 16.5. The number of rotatable bonds is 8. The number of ether oxygens (including phenoxy) is 1. The van der Waals surface area contributed by atoms with Crippen LogP contribution in [0.2, 0.25) is 0 Å². The fourth-order valence-electron chi connectivity index (χ4n) is 2.02. The summed E-state index contributed by atoms with van der Waals surface area (Å²) in [6, 6.07) is 8.95. The van der Waals surface area contributed by atoms with Gasteiger partial charge in [-0.15, -0.1) is 0 Å². The smallest absolute Gasteiger partial charge is 0.119 e. The Bertz CT molecular complexity index is 324. The zero-order valence-corrected chi connectivity index (χ0v) is 11.6. The molecule has 18 heavy (non-hydrogen) atoms. The Morgan fingerprint density at radius 1 is 1.22 bits per heavy atom. The van der Waals surface area contributed by atoms with Gasteiger partial charge in [0.15, 0.2) is 0 Å². The highest BCUT2D eigenvalue weighted by molar-refractivity contribution is 5.28. The van der Waals surface area contributed by atoms with Crippen molar-refractivity contribution in [1.82, 2.24) is 5.32 Å². The van der Waals surface area contributed by atoms with Gasteiger partial charge in [-0.2, -0.15) is 0 Å². The molecule has 3 nitrogen and oxygen atoms in total. The SMILES string of the molecule is CCOc1ccc(C(C)NC(C)CCCO)cc1. The number of hydrogen-bond donors (Lipinski definition) is 2. The largest absolute Gasteiger partial charge is 0.494 e. The van der Waals surface area contributed by atoms with E-state index in [0.717, 1.165) is 18.6 Å². The first-order valence-electron chi connectivity index (χ1n) is 6.77. The van der Waals surface area contributed by atoms with E-state index in [1.54, 1.807) is 0 Å². The summed E-state index contributed by atoms with van der Waals surface area (Å²) in [6.07, 6.45) is 1.85. The van der Waals surface area contributed by atoms with E-state index in [-0.39, 0.29) is 6.61 Å². The highest BCUT2D eigenvalue weighted by Crippen LogP contribution is 2.18. The minimum absolute atomic E-state index is 0.267. The maximum Gasteiger partial charge on any atom is 0.119 e. The molecule has 102 valence electrons. The van der Waals surface area contributed by atoms with Gasteiger partial charge in [0, 0.05) is 18.7 Å². The zero-order valence-electron chi connectivity index (χ0n) is 11.6. The van der Waals surface area contributed by atoms with Gasteiger partial charge in [-0.3, -0.25) is 0 Å². The molecule has 0 radical (unpaired) electrons. The van der Waals surface area contributed by atoms with Gasteiger partial charge in [0.1, 0.15) is 5.75 Å². The van der Waals surface area contributed by atoms with Crippen LogP contribution >= 0.6 is 0 Å². The molecule has 0 bridgehead atoms. The molecule has 0 saturated carbocycles. The average molecular weight is 251 g/mol. The fourth-order valence-corrected chi connectivity index (χ4v) is 2.02. The molecule has 1 aromatic rings. The van der Waals surface area contributed by atoms with Crippen LogP contribution in [0.1, 0.15) is 45.2 Å². The van der Waals surface area contributed by atoms with Crippen molar-refractivity contribution in [2.24, 2.45) is 0 Å². The lowest BCUT2D eigenvalue weighted by Gasteiger charge is -2.20. The molecule has 2 unspecified atom stereocenters. The Hall–Kier alpha value is -1.06. The Kier molecular flexibility index (Phi) is 6.76. The van der Waals surface area contributed by atoms with Crippen molar-refractivity contribution in [3.8, 4) is 5.75 Å². The molecular weight excluding hydrogens is 226 g/mol. The zero-order chi connectivity index (χ0) is 13.4. The molecule has 3 heteroatoms. The lowest BCUT2D eigenvalue weighted by molar-refractivity contribution is 0.274. The number of aliphatic hydroxyl groups excluding tert-OH is 1. The van der Waals surface area contributed by atoms with Crippen LogP contribution in [0.25, 0.3) is 0 Å². The third kappa shape index (κ3) is 5.07. The monoisotopic (exact) mass is 251 g/mol. The van der Waals surface area contributed by atoms with Gasteiger partial charge >= 0.3 is 0 Å². The predicted octanol–water partition coefficient (Wildman–Crippen LogP) is 2.90. The third-order valence-electron chi connectivity index (χ3n) is 3.02. The second-order valence-electron chi connectivity index (χ2n) is 4.66. The van der Waals surface area contributed by atoms with Crippen LogP contribution in [-0.4, -0.2) is 24.4 Å². The van der Waals surface area contributed by atoms with Gasteiger partial charge in [0.05, 0.1) is 6.61 Å². The first-order valence-corrected chi connectivity index (χ1v) is 6.77. The Labute approximate surface area is 110 Å². The first-order chi connectivity index (χ1) is 8.67. The van der Waals surface area contributed by atoms with E-state index in [4.69, 9.17) is 9.84 Å². The Morgan fingerprint density at radius 3 is 2.44 bits per heavy atom. The predicted molar refractivity (Wildman–Crippen MR) is 74.9 cm³/mol. The van der Waals surface area contributed by atoms with Gasteiger partial charge in [-0.25, -0.2) is 0 Å². The van der Waals surface area contributed by atoms with E-state index in [1.165, 1.54) is 5.56 Å². The quantitative estimate of drug-likeness (QED) is 0.746. The standard InChI is InChI=1S/C15H25NO2/c1-4-18-15-9-7-14(8-10-15)13(3)16-12(2)6-5-11-17/h7-10,12-13,16-17H,4-6,11H2,1-3H3. The molecule has 0 amide bonds. The summed E-state index contributed by atoms with van der Waals surface area (Å²) in [5.41, 5.74) is 1.26. The number of hydrogen-bond acceptors (Lipinski definition) is 3. The van der Waals surface area contributed by atoms with E-state index in [1.807, 2.05) is 19.1 Å².